The highest BCUT2D eigenvalue weighted by atomic mass is 32.2. The van der Waals surface area contributed by atoms with Crippen molar-refractivity contribution in [3.8, 4) is 11.4 Å². The predicted molar refractivity (Wildman–Crippen MR) is 109 cm³/mol. The smallest absolute Gasteiger partial charge is 0.237 e. The first-order valence-corrected chi connectivity index (χ1v) is 9.76. The van der Waals surface area contributed by atoms with Gasteiger partial charge in [0.25, 0.3) is 0 Å². The fourth-order valence-corrected chi connectivity index (χ4v) is 3.73. The molecule has 1 atom stereocenters. The van der Waals surface area contributed by atoms with Gasteiger partial charge >= 0.3 is 0 Å². The first-order chi connectivity index (χ1) is 13.0. The van der Waals surface area contributed by atoms with Gasteiger partial charge in [-0.05, 0) is 51.0 Å². The number of carbonyl (C=O) groups excluding carboxylic acids is 1. The number of rotatable bonds is 6. The summed E-state index contributed by atoms with van der Waals surface area (Å²) in [5, 5.41) is 12.1. The van der Waals surface area contributed by atoms with Gasteiger partial charge in [-0.1, -0.05) is 30.0 Å². The van der Waals surface area contributed by atoms with Gasteiger partial charge in [-0.2, -0.15) is 0 Å². The van der Waals surface area contributed by atoms with E-state index in [-0.39, 0.29) is 11.2 Å². The van der Waals surface area contributed by atoms with Crippen molar-refractivity contribution in [2.24, 2.45) is 0 Å². The average molecular weight is 382 g/mol. The quantitative estimate of drug-likeness (QED) is 0.651. The van der Waals surface area contributed by atoms with Crippen LogP contribution < -0.4 is 5.32 Å². The SMILES string of the molecule is CCn1c(S[C@@H](C)C(=O)Nc2c(C)cccc2C)nnc1-c1cccnc1. The number of aromatic nitrogens is 4. The normalized spacial score (nSPS) is 12.0. The largest absolute Gasteiger partial charge is 0.325 e. The lowest BCUT2D eigenvalue weighted by molar-refractivity contribution is -0.115. The summed E-state index contributed by atoms with van der Waals surface area (Å²) in [7, 11) is 0. The van der Waals surface area contributed by atoms with Gasteiger partial charge in [0.05, 0.1) is 5.25 Å². The molecule has 0 aliphatic carbocycles. The number of amides is 1. The van der Waals surface area contributed by atoms with Gasteiger partial charge in [0, 0.05) is 30.2 Å². The third kappa shape index (κ3) is 4.19. The minimum absolute atomic E-state index is 0.0500. The molecule has 0 radical (unpaired) electrons. The Bertz CT molecular complexity index is 919. The molecule has 1 amide bonds. The van der Waals surface area contributed by atoms with Crippen LogP contribution in [0.15, 0.2) is 47.9 Å². The lowest BCUT2D eigenvalue weighted by Crippen LogP contribution is -2.23. The highest BCUT2D eigenvalue weighted by molar-refractivity contribution is 8.00. The van der Waals surface area contributed by atoms with Crippen LogP contribution in [0.25, 0.3) is 11.4 Å². The number of anilines is 1. The standard InChI is InChI=1S/C20H23N5OS/c1-5-25-18(16-10-7-11-21-12-16)23-24-20(25)27-15(4)19(26)22-17-13(2)8-6-9-14(17)3/h6-12,15H,5H2,1-4H3,(H,22,26)/t15-/m0/s1. The van der Waals surface area contributed by atoms with Crippen molar-refractivity contribution in [2.45, 2.75) is 44.6 Å². The van der Waals surface area contributed by atoms with Crippen LogP contribution in [-0.2, 0) is 11.3 Å². The number of para-hydroxylation sites is 1. The number of benzene rings is 1. The summed E-state index contributed by atoms with van der Waals surface area (Å²) >= 11 is 1.41. The van der Waals surface area contributed by atoms with Gasteiger partial charge in [0.2, 0.25) is 5.91 Å². The Hall–Kier alpha value is -2.67. The Kier molecular flexibility index (Phi) is 5.91. The monoisotopic (exact) mass is 381 g/mol. The van der Waals surface area contributed by atoms with E-state index in [9.17, 15) is 4.79 Å². The van der Waals surface area contributed by atoms with Crippen LogP contribution in [0.5, 0.6) is 0 Å². The number of nitrogens with zero attached hydrogens (tertiary/aromatic N) is 4. The number of nitrogens with one attached hydrogen (secondary N) is 1. The Labute approximate surface area is 163 Å². The second kappa shape index (κ2) is 8.35. The maximum Gasteiger partial charge on any atom is 0.237 e. The van der Waals surface area contributed by atoms with Gasteiger partial charge < -0.3 is 9.88 Å². The molecule has 3 rings (SSSR count). The van der Waals surface area contributed by atoms with Crippen LogP contribution in [0.4, 0.5) is 5.69 Å². The van der Waals surface area contributed by atoms with E-state index in [4.69, 9.17) is 0 Å². The number of carbonyl (C=O) groups is 1. The Morgan fingerprint density at radius 2 is 1.93 bits per heavy atom. The summed E-state index contributed by atoms with van der Waals surface area (Å²) in [5.41, 5.74) is 3.89. The van der Waals surface area contributed by atoms with Gasteiger partial charge in [0.1, 0.15) is 0 Å². The summed E-state index contributed by atoms with van der Waals surface area (Å²) in [5.74, 6) is 0.710. The number of thioether (sulfide) groups is 1. The maximum atomic E-state index is 12.7. The molecule has 0 bridgehead atoms. The molecule has 27 heavy (non-hydrogen) atoms. The van der Waals surface area contributed by atoms with E-state index >= 15 is 0 Å². The molecule has 0 aliphatic heterocycles. The summed E-state index contributed by atoms with van der Waals surface area (Å²) in [6.07, 6.45) is 3.49. The third-order valence-corrected chi connectivity index (χ3v) is 5.41. The van der Waals surface area contributed by atoms with Crippen molar-refractivity contribution >= 4 is 23.4 Å². The molecule has 0 aliphatic rings. The zero-order valence-corrected chi connectivity index (χ0v) is 16.7. The molecule has 3 aromatic rings. The molecule has 0 unspecified atom stereocenters. The van der Waals surface area contributed by atoms with Crippen molar-refractivity contribution < 1.29 is 4.79 Å². The zero-order chi connectivity index (χ0) is 19.4. The fraction of sp³-hybridized carbons (Fsp3) is 0.300. The molecule has 1 aromatic carbocycles. The van der Waals surface area contributed by atoms with Gasteiger partial charge in [-0.25, -0.2) is 0 Å². The van der Waals surface area contributed by atoms with Crippen LogP contribution >= 0.6 is 11.8 Å². The molecular weight excluding hydrogens is 358 g/mol. The zero-order valence-electron chi connectivity index (χ0n) is 15.9. The Balaban J connectivity index is 1.77. The van der Waals surface area contributed by atoms with E-state index < -0.39 is 0 Å². The van der Waals surface area contributed by atoms with Crippen molar-refractivity contribution in [3.63, 3.8) is 0 Å². The van der Waals surface area contributed by atoms with E-state index in [0.29, 0.717) is 6.54 Å². The first kappa shape index (κ1) is 19.1. The van der Waals surface area contributed by atoms with E-state index in [1.807, 2.05) is 62.6 Å². The van der Waals surface area contributed by atoms with Crippen LogP contribution in [0.2, 0.25) is 0 Å². The first-order valence-electron chi connectivity index (χ1n) is 8.88. The minimum atomic E-state index is -0.305. The van der Waals surface area contributed by atoms with Gasteiger partial charge in [-0.3, -0.25) is 9.78 Å². The van der Waals surface area contributed by atoms with Crippen molar-refractivity contribution in [1.82, 2.24) is 19.7 Å². The molecule has 2 heterocycles. The van der Waals surface area contributed by atoms with E-state index in [2.05, 4.69) is 20.5 Å². The number of hydrogen-bond acceptors (Lipinski definition) is 5. The van der Waals surface area contributed by atoms with Crippen LogP contribution in [0, 0.1) is 13.8 Å². The number of aryl methyl sites for hydroxylation is 2. The van der Waals surface area contributed by atoms with Gasteiger partial charge in [0.15, 0.2) is 11.0 Å². The molecule has 0 saturated carbocycles. The highest BCUT2D eigenvalue weighted by Gasteiger charge is 2.21. The molecule has 1 N–H and O–H groups in total. The predicted octanol–water partition coefficient (Wildman–Crippen LogP) is 4.10. The fourth-order valence-electron chi connectivity index (χ4n) is 2.82. The Morgan fingerprint density at radius 1 is 1.19 bits per heavy atom. The number of pyridine rings is 1. The second-order valence-corrected chi connectivity index (χ2v) is 7.62. The molecular formula is C20H23N5OS. The second-order valence-electron chi connectivity index (χ2n) is 6.31. The van der Waals surface area contributed by atoms with E-state index in [1.165, 1.54) is 11.8 Å². The van der Waals surface area contributed by atoms with Crippen molar-refractivity contribution in [3.05, 3.63) is 53.9 Å². The van der Waals surface area contributed by atoms with Crippen molar-refractivity contribution in [2.75, 3.05) is 5.32 Å². The summed E-state index contributed by atoms with van der Waals surface area (Å²) < 4.78 is 2.00. The topological polar surface area (TPSA) is 72.7 Å². The Morgan fingerprint density at radius 3 is 2.56 bits per heavy atom. The minimum Gasteiger partial charge on any atom is -0.325 e. The van der Waals surface area contributed by atoms with E-state index in [0.717, 1.165) is 33.4 Å². The highest BCUT2D eigenvalue weighted by Crippen LogP contribution is 2.28. The average Bonchev–Trinajstić information content (AvgIpc) is 3.07. The summed E-state index contributed by atoms with van der Waals surface area (Å²) in [6, 6.07) is 9.80. The van der Waals surface area contributed by atoms with Gasteiger partial charge in [-0.15, -0.1) is 10.2 Å². The lowest BCUT2D eigenvalue weighted by atomic mass is 10.1. The maximum absolute atomic E-state index is 12.7. The molecule has 0 spiro atoms. The number of hydrogen-bond donors (Lipinski definition) is 1. The molecule has 0 fully saturated rings. The molecule has 6 nitrogen and oxygen atoms in total. The third-order valence-electron chi connectivity index (χ3n) is 4.33. The summed E-state index contributed by atoms with van der Waals surface area (Å²) in [4.78, 5) is 16.8. The van der Waals surface area contributed by atoms with Crippen LogP contribution in [0.3, 0.4) is 0 Å². The summed E-state index contributed by atoms with van der Waals surface area (Å²) in [6.45, 7) is 8.62. The molecule has 7 heteroatoms. The molecule has 140 valence electrons. The lowest BCUT2D eigenvalue weighted by Gasteiger charge is -2.15. The van der Waals surface area contributed by atoms with Crippen LogP contribution in [-0.4, -0.2) is 30.9 Å². The van der Waals surface area contributed by atoms with Crippen LogP contribution in [0.1, 0.15) is 25.0 Å². The molecule has 0 saturated heterocycles. The van der Waals surface area contributed by atoms with E-state index in [1.54, 1.807) is 12.4 Å². The van der Waals surface area contributed by atoms with Crippen molar-refractivity contribution in [1.29, 1.82) is 0 Å². The molecule has 2 aromatic heterocycles.